The van der Waals surface area contributed by atoms with Crippen molar-refractivity contribution < 1.29 is 9.53 Å². The largest absolute Gasteiger partial charge is 0.384 e. The highest BCUT2D eigenvalue weighted by atomic mass is 16.5. The molecule has 1 N–H and O–H groups in total. The van der Waals surface area contributed by atoms with Crippen LogP contribution in [-0.4, -0.2) is 25.5 Å². The molecule has 0 spiro atoms. The summed E-state index contributed by atoms with van der Waals surface area (Å²) in [6.45, 7) is 2.61. The van der Waals surface area contributed by atoms with Crippen LogP contribution in [0.3, 0.4) is 0 Å². The summed E-state index contributed by atoms with van der Waals surface area (Å²) in [6, 6.07) is 6.09. The second-order valence-electron chi connectivity index (χ2n) is 5.23. The van der Waals surface area contributed by atoms with Gasteiger partial charge in [-0.15, -0.1) is 0 Å². The van der Waals surface area contributed by atoms with Gasteiger partial charge in [0.05, 0.1) is 0 Å². The van der Waals surface area contributed by atoms with E-state index in [0.29, 0.717) is 12.3 Å². The van der Waals surface area contributed by atoms with E-state index in [1.807, 2.05) is 12.1 Å². The van der Waals surface area contributed by atoms with Gasteiger partial charge in [0.1, 0.15) is 0 Å². The van der Waals surface area contributed by atoms with Crippen molar-refractivity contribution in [2.45, 2.75) is 25.7 Å². The fourth-order valence-corrected chi connectivity index (χ4v) is 2.79. The van der Waals surface area contributed by atoms with Gasteiger partial charge >= 0.3 is 0 Å². The molecule has 3 heteroatoms. The van der Waals surface area contributed by atoms with Crippen LogP contribution in [-0.2, 0) is 11.2 Å². The van der Waals surface area contributed by atoms with Crippen LogP contribution < -0.4 is 5.32 Å². The number of rotatable bonds is 3. The number of Topliss-reactive ketones (excluding diaryl/α,β-unsaturated/α-hetero) is 1. The lowest BCUT2D eigenvalue weighted by atomic mass is 9.91. The fraction of sp³-hybridized carbons (Fsp3) is 0.533. The van der Waals surface area contributed by atoms with Crippen molar-refractivity contribution >= 4 is 11.5 Å². The number of nitrogens with one attached hydrogen (secondary N) is 1. The minimum Gasteiger partial charge on any atom is -0.384 e. The van der Waals surface area contributed by atoms with Gasteiger partial charge in [0.2, 0.25) is 0 Å². The van der Waals surface area contributed by atoms with E-state index in [2.05, 4.69) is 11.4 Å². The van der Waals surface area contributed by atoms with Gasteiger partial charge in [0, 0.05) is 37.4 Å². The molecule has 0 aliphatic carbocycles. The Labute approximate surface area is 108 Å². The van der Waals surface area contributed by atoms with Gasteiger partial charge in [-0.3, -0.25) is 4.79 Å². The Morgan fingerprint density at radius 3 is 3.00 bits per heavy atom. The van der Waals surface area contributed by atoms with E-state index < -0.39 is 0 Å². The summed E-state index contributed by atoms with van der Waals surface area (Å²) in [4.78, 5) is 12.2. The molecule has 96 valence electrons. The lowest BCUT2D eigenvalue weighted by molar-refractivity contribution is 0.0601. The molecule has 1 saturated heterocycles. The van der Waals surface area contributed by atoms with Gasteiger partial charge in [0.15, 0.2) is 5.78 Å². The minimum absolute atomic E-state index is 0.276. The quantitative estimate of drug-likeness (QED) is 0.832. The number of carbonyl (C=O) groups excluding carboxylic acids is 1. The van der Waals surface area contributed by atoms with Crippen LogP contribution in [0.15, 0.2) is 18.2 Å². The molecule has 18 heavy (non-hydrogen) atoms. The first kappa shape index (κ1) is 11.7. The fourth-order valence-electron chi connectivity index (χ4n) is 2.79. The first-order valence-electron chi connectivity index (χ1n) is 6.80. The molecule has 1 fully saturated rings. The Morgan fingerprint density at radius 2 is 2.17 bits per heavy atom. The molecule has 0 amide bonds. The van der Waals surface area contributed by atoms with Crippen molar-refractivity contribution in [2.24, 2.45) is 5.92 Å². The van der Waals surface area contributed by atoms with Crippen molar-refractivity contribution in [1.29, 1.82) is 0 Å². The Bertz CT molecular complexity index is 450. The lowest BCUT2D eigenvalue weighted by Gasteiger charge is -2.21. The number of hydrogen-bond acceptors (Lipinski definition) is 3. The number of fused-ring (bicyclic) bond motifs is 1. The second-order valence-corrected chi connectivity index (χ2v) is 5.23. The predicted molar refractivity (Wildman–Crippen MR) is 71.1 cm³/mol. The van der Waals surface area contributed by atoms with Crippen molar-refractivity contribution in [3.05, 3.63) is 29.3 Å². The second kappa shape index (κ2) is 5.11. The Kier molecular flexibility index (Phi) is 3.33. The highest BCUT2D eigenvalue weighted by molar-refractivity contribution is 5.97. The molecule has 1 aromatic rings. The standard InChI is InChI=1S/C15H19NO2/c17-15(9-11-4-7-18-8-5-11)13-2-1-12-3-6-16-14(12)10-13/h1-2,10-11,16H,3-9H2. The highest BCUT2D eigenvalue weighted by Crippen LogP contribution is 2.26. The van der Waals surface area contributed by atoms with Crippen molar-refractivity contribution in [3.8, 4) is 0 Å². The van der Waals surface area contributed by atoms with E-state index in [4.69, 9.17) is 4.74 Å². The molecule has 2 aliphatic heterocycles. The summed E-state index contributed by atoms with van der Waals surface area (Å²) in [7, 11) is 0. The van der Waals surface area contributed by atoms with Gasteiger partial charge in [-0.25, -0.2) is 0 Å². The van der Waals surface area contributed by atoms with Crippen molar-refractivity contribution in [1.82, 2.24) is 0 Å². The number of anilines is 1. The Hall–Kier alpha value is -1.35. The van der Waals surface area contributed by atoms with Crippen LogP contribution in [0.5, 0.6) is 0 Å². The van der Waals surface area contributed by atoms with Crippen molar-refractivity contribution in [3.63, 3.8) is 0 Å². The van der Waals surface area contributed by atoms with Crippen LogP contribution in [0.2, 0.25) is 0 Å². The molecule has 2 heterocycles. The number of ketones is 1. The van der Waals surface area contributed by atoms with E-state index in [1.165, 1.54) is 5.56 Å². The van der Waals surface area contributed by atoms with E-state index >= 15 is 0 Å². The molecular weight excluding hydrogens is 226 g/mol. The topological polar surface area (TPSA) is 38.3 Å². The first-order chi connectivity index (χ1) is 8.83. The van der Waals surface area contributed by atoms with Gasteiger partial charge < -0.3 is 10.1 Å². The van der Waals surface area contributed by atoms with Gasteiger partial charge in [-0.2, -0.15) is 0 Å². The molecule has 0 saturated carbocycles. The summed E-state index contributed by atoms with van der Waals surface area (Å²) >= 11 is 0. The van der Waals surface area contributed by atoms with Gasteiger partial charge in [-0.1, -0.05) is 12.1 Å². The highest BCUT2D eigenvalue weighted by Gasteiger charge is 2.19. The molecule has 2 aliphatic rings. The summed E-state index contributed by atoms with van der Waals surface area (Å²) < 4.78 is 5.33. The van der Waals surface area contributed by atoms with Gasteiger partial charge in [0.25, 0.3) is 0 Å². The third-order valence-electron chi connectivity index (χ3n) is 3.96. The average molecular weight is 245 g/mol. The number of hydrogen-bond donors (Lipinski definition) is 1. The Balaban J connectivity index is 1.68. The SMILES string of the molecule is O=C(CC1CCOCC1)c1ccc2c(c1)NCC2. The van der Waals surface area contributed by atoms with E-state index in [0.717, 1.165) is 50.3 Å². The number of carbonyl (C=O) groups is 1. The maximum absolute atomic E-state index is 12.2. The predicted octanol–water partition coefficient (Wildman–Crippen LogP) is 2.65. The third kappa shape index (κ3) is 2.41. The molecule has 0 atom stereocenters. The minimum atomic E-state index is 0.276. The Morgan fingerprint density at radius 1 is 1.33 bits per heavy atom. The van der Waals surface area contributed by atoms with Crippen LogP contribution in [0.4, 0.5) is 5.69 Å². The first-order valence-corrected chi connectivity index (χ1v) is 6.80. The zero-order chi connectivity index (χ0) is 12.4. The summed E-state index contributed by atoms with van der Waals surface area (Å²) in [5.41, 5.74) is 3.33. The monoisotopic (exact) mass is 245 g/mol. The van der Waals surface area contributed by atoms with E-state index in [-0.39, 0.29) is 5.78 Å². The summed E-state index contributed by atoms with van der Waals surface area (Å²) in [5.74, 6) is 0.783. The number of ether oxygens (including phenoxy) is 1. The van der Waals surface area contributed by atoms with E-state index in [1.54, 1.807) is 0 Å². The summed E-state index contributed by atoms with van der Waals surface area (Å²) in [6.07, 6.45) is 3.79. The maximum atomic E-state index is 12.2. The van der Waals surface area contributed by atoms with E-state index in [9.17, 15) is 4.79 Å². The van der Waals surface area contributed by atoms with Crippen LogP contribution in [0, 0.1) is 5.92 Å². The van der Waals surface area contributed by atoms with Gasteiger partial charge in [-0.05, 0) is 36.8 Å². The molecular formula is C15H19NO2. The smallest absolute Gasteiger partial charge is 0.163 e. The zero-order valence-corrected chi connectivity index (χ0v) is 10.6. The zero-order valence-electron chi connectivity index (χ0n) is 10.6. The summed E-state index contributed by atoms with van der Waals surface area (Å²) in [5, 5.41) is 3.33. The third-order valence-corrected chi connectivity index (χ3v) is 3.96. The van der Waals surface area contributed by atoms with Crippen molar-refractivity contribution in [2.75, 3.05) is 25.1 Å². The average Bonchev–Trinajstić information content (AvgIpc) is 2.87. The molecule has 0 aromatic heterocycles. The molecule has 0 unspecified atom stereocenters. The molecule has 3 nitrogen and oxygen atoms in total. The number of benzene rings is 1. The van der Waals surface area contributed by atoms with Crippen LogP contribution in [0.25, 0.3) is 0 Å². The lowest BCUT2D eigenvalue weighted by Crippen LogP contribution is -2.18. The molecule has 3 rings (SSSR count). The maximum Gasteiger partial charge on any atom is 0.163 e. The normalized spacial score (nSPS) is 19.3. The van der Waals surface area contributed by atoms with Crippen LogP contribution in [0.1, 0.15) is 35.2 Å². The molecule has 0 bridgehead atoms. The van der Waals surface area contributed by atoms with Crippen LogP contribution >= 0.6 is 0 Å². The molecule has 0 radical (unpaired) electrons. The molecule has 1 aromatic carbocycles.